The molecule has 0 amide bonds. The van der Waals surface area contributed by atoms with E-state index in [1.807, 2.05) is 6.07 Å². The van der Waals surface area contributed by atoms with Crippen LogP contribution < -0.4 is 5.32 Å². The summed E-state index contributed by atoms with van der Waals surface area (Å²) in [5.41, 5.74) is 1.25. The minimum absolute atomic E-state index is 0.112. The molecule has 1 N–H and O–H groups in total. The van der Waals surface area contributed by atoms with Crippen LogP contribution in [0.25, 0.3) is 0 Å². The summed E-state index contributed by atoms with van der Waals surface area (Å²) in [4.78, 5) is 4.24. The predicted octanol–water partition coefficient (Wildman–Crippen LogP) is 1.00. The van der Waals surface area contributed by atoms with Crippen LogP contribution in [-0.2, 0) is 0 Å². The van der Waals surface area contributed by atoms with Crippen molar-refractivity contribution < 1.29 is 0 Å². The minimum atomic E-state index is 0.112. The smallest absolute Gasteiger partial charge is 0.196 e. The highest BCUT2D eigenvalue weighted by Crippen LogP contribution is 2.34. The topological polar surface area (TPSA) is 58.9 Å². The van der Waals surface area contributed by atoms with Crippen molar-refractivity contribution >= 4 is 0 Å². The van der Waals surface area contributed by atoms with Gasteiger partial charge in [0.25, 0.3) is 0 Å². The lowest BCUT2D eigenvalue weighted by molar-refractivity contribution is 0.192. The second kappa shape index (κ2) is 5.54. The molecule has 2 aliphatic rings. The van der Waals surface area contributed by atoms with E-state index in [4.69, 9.17) is 0 Å². The lowest BCUT2D eigenvalue weighted by Gasteiger charge is -2.33. The molecule has 0 spiro atoms. The Bertz CT molecular complexity index is 585. The molecule has 1 saturated heterocycles. The van der Waals surface area contributed by atoms with Gasteiger partial charge in [0.15, 0.2) is 5.82 Å². The van der Waals surface area contributed by atoms with Crippen molar-refractivity contribution in [3.05, 3.63) is 41.7 Å². The van der Waals surface area contributed by atoms with Gasteiger partial charge in [0.05, 0.1) is 12.1 Å². The molecule has 1 aliphatic carbocycles. The van der Waals surface area contributed by atoms with Crippen molar-refractivity contribution in [1.29, 1.82) is 0 Å². The third-order valence-corrected chi connectivity index (χ3v) is 4.19. The molecule has 0 radical (unpaired) electrons. The first-order chi connectivity index (χ1) is 10.4. The maximum atomic E-state index is 4.66. The Kier molecular flexibility index (Phi) is 3.40. The quantitative estimate of drug-likeness (QED) is 0.908. The zero-order valence-corrected chi connectivity index (χ0v) is 12.0. The Morgan fingerprint density at radius 1 is 1.10 bits per heavy atom. The Morgan fingerprint density at radius 3 is 2.57 bits per heavy atom. The van der Waals surface area contributed by atoms with Gasteiger partial charge in [-0.05, 0) is 23.6 Å². The molecule has 6 heteroatoms. The Labute approximate surface area is 124 Å². The average molecular weight is 284 g/mol. The van der Waals surface area contributed by atoms with Crippen LogP contribution in [0.2, 0.25) is 0 Å². The molecule has 1 saturated carbocycles. The largest absolute Gasteiger partial charge is 0.314 e. The van der Waals surface area contributed by atoms with Gasteiger partial charge in [-0.15, -0.1) is 10.2 Å². The third kappa shape index (κ3) is 2.69. The van der Waals surface area contributed by atoms with E-state index in [2.05, 4.69) is 49.9 Å². The molecule has 0 bridgehead atoms. The maximum absolute atomic E-state index is 4.66. The second-order valence-corrected chi connectivity index (χ2v) is 5.80. The summed E-state index contributed by atoms with van der Waals surface area (Å²) < 4.78 is 0. The number of benzene rings is 1. The van der Waals surface area contributed by atoms with Crippen LogP contribution >= 0.6 is 0 Å². The number of nitrogens with zero attached hydrogens (tertiary/aromatic N) is 5. The van der Waals surface area contributed by atoms with E-state index < -0.39 is 0 Å². The van der Waals surface area contributed by atoms with Gasteiger partial charge in [-0.25, -0.2) is 0 Å². The summed E-state index contributed by atoms with van der Waals surface area (Å²) >= 11 is 0. The minimum Gasteiger partial charge on any atom is -0.314 e. The number of nitrogens with one attached hydrogen (secondary N) is 1. The van der Waals surface area contributed by atoms with Crippen molar-refractivity contribution in [2.45, 2.75) is 24.9 Å². The first kappa shape index (κ1) is 12.9. The molecule has 21 heavy (non-hydrogen) atoms. The van der Waals surface area contributed by atoms with E-state index in [1.54, 1.807) is 4.80 Å². The van der Waals surface area contributed by atoms with E-state index in [-0.39, 0.29) is 6.04 Å². The van der Waals surface area contributed by atoms with Crippen molar-refractivity contribution in [2.75, 3.05) is 26.2 Å². The first-order valence-electron chi connectivity index (χ1n) is 7.71. The van der Waals surface area contributed by atoms with Gasteiger partial charge in [-0.1, -0.05) is 30.3 Å². The molecule has 1 aromatic carbocycles. The number of hydrogen-bond donors (Lipinski definition) is 1. The van der Waals surface area contributed by atoms with Gasteiger partial charge < -0.3 is 5.32 Å². The maximum Gasteiger partial charge on any atom is 0.196 e. The summed E-state index contributed by atoms with van der Waals surface area (Å²) in [5, 5.41) is 16.7. The van der Waals surface area contributed by atoms with E-state index in [1.165, 1.54) is 18.4 Å². The zero-order valence-electron chi connectivity index (χ0n) is 12.0. The molecule has 2 fully saturated rings. The lowest BCUT2D eigenvalue weighted by atomic mass is 10.0. The monoisotopic (exact) mass is 284 g/mol. The van der Waals surface area contributed by atoms with Crippen LogP contribution in [0.4, 0.5) is 0 Å². The predicted molar refractivity (Wildman–Crippen MR) is 78.8 cm³/mol. The van der Waals surface area contributed by atoms with Crippen LogP contribution in [0.3, 0.4) is 0 Å². The van der Waals surface area contributed by atoms with Crippen LogP contribution in [0.1, 0.15) is 36.3 Å². The summed E-state index contributed by atoms with van der Waals surface area (Å²) in [6, 6.07) is 11.1. The van der Waals surface area contributed by atoms with Crippen LogP contribution in [0.15, 0.2) is 30.3 Å². The van der Waals surface area contributed by atoms with Crippen molar-refractivity contribution in [3.8, 4) is 0 Å². The molecule has 1 atom stereocenters. The molecule has 1 aromatic heterocycles. The van der Waals surface area contributed by atoms with Crippen molar-refractivity contribution in [1.82, 2.24) is 30.4 Å². The zero-order chi connectivity index (χ0) is 14.1. The fraction of sp³-hybridized carbons (Fsp3) is 0.533. The van der Waals surface area contributed by atoms with Gasteiger partial charge in [-0.2, -0.15) is 4.80 Å². The Balaban J connectivity index is 1.67. The van der Waals surface area contributed by atoms with Gasteiger partial charge in [0.2, 0.25) is 0 Å². The molecule has 1 aliphatic heterocycles. The highest BCUT2D eigenvalue weighted by Gasteiger charge is 2.31. The summed E-state index contributed by atoms with van der Waals surface area (Å²) in [6.45, 7) is 4.05. The number of tetrazole rings is 1. The average Bonchev–Trinajstić information content (AvgIpc) is 3.29. The van der Waals surface area contributed by atoms with Gasteiger partial charge in [0, 0.05) is 26.2 Å². The van der Waals surface area contributed by atoms with Crippen molar-refractivity contribution in [2.24, 2.45) is 0 Å². The van der Waals surface area contributed by atoms with Crippen molar-refractivity contribution in [3.63, 3.8) is 0 Å². The standard InChI is InChI=1S/C15H20N6/c1-2-4-12(5-3-1)14(20-10-8-16-9-11-20)15-17-19-21(18-15)13-6-7-13/h1-5,13-14,16H,6-11H2. The van der Waals surface area contributed by atoms with E-state index in [0.29, 0.717) is 6.04 Å². The van der Waals surface area contributed by atoms with Crippen LogP contribution in [0, 0.1) is 0 Å². The summed E-state index contributed by atoms with van der Waals surface area (Å²) in [7, 11) is 0. The fourth-order valence-electron chi connectivity index (χ4n) is 2.90. The molecular formula is C15H20N6. The van der Waals surface area contributed by atoms with Gasteiger partial charge in [-0.3, -0.25) is 4.90 Å². The highest BCUT2D eigenvalue weighted by molar-refractivity contribution is 5.24. The molecule has 1 unspecified atom stereocenters. The number of aromatic nitrogens is 4. The lowest BCUT2D eigenvalue weighted by Crippen LogP contribution is -2.45. The molecule has 110 valence electrons. The SMILES string of the molecule is c1ccc(C(c2nnn(C3CC3)n2)N2CCNCC2)cc1. The highest BCUT2D eigenvalue weighted by atomic mass is 15.6. The molecule has 4 rings (SSSR count). The number of rotatable bonds is 4. The summed E-state index contributed by atoms with van der Waals surface area (Å²) in [5.74, 6) is 0.829. The molecular weight excluding hydrogens is 264 g/mol. The molecule has 2 heterocycles. The number of piperazine rings is 1. The molecule has 2 aromatic rings. The Morgan fingerprint density at radius 2 is 1.86 bits per heavy atom. The van der Waals surface area contributed by atoms with E-state index in [0.717, 1.165) is 32.0 Å². The van der Waals surface area contributed by atoms with Gasteiger partial charge >= 0.3 is 0 Å². The van der Waals surface area contributed by atoms with E-state index in [9.17, 15) is 0 Å². The third-order valence-electron chi connectivity index (χ3n) is 4.19. The normalized spacial score (nSPS) is 21.3. The van der Waals surface area contributed by atoms with Crippen LogP contribution in [0.5, 0.6) is 0 Å². The number of hydrogen-bond acceptors (Lipinski definition) is 5. The summed E-state index contributed by atoms with van der Waals surface area (Å²) in [6.07, 6.45) is 2.36. The first-order valence-corrected chi connectivity index (χ1v) is 7.71. The van der Waals surface area contributed by atoms with Gasteiger partial charge in [0.1, 0.15) is 0 Å². The van der Waals surface area contributed by atoms with E-state index >= 15 is 0 Å². The fourth-order valence-corrected chi connectivity index (χ4v) is 2.90. The van der Waals surface area contributed by atoms with Crippen LogP contribution in [-0.4, -0.2) is 51.3 Å². The second-order valence-electron chi connectivity index (χ2n) is 5.80. The Hall–Kier alpha value is -1.79. The molecule has 6 nitrogen and oxygen atoms in total.